The number of fused-ring (bicyclic) bond motifs is 2. The van der Waals surface area contributed by atoms with E-state index in [0.29, 0.717) is 23.7 Å². The third kappa shape index (κ3) is 7.13. The Labute approximate surface area is 189 Å². The molecule has 2 N–H and O–H groups in total. The largest absolute Gasteiger partial charge is 2.00 e. The molecule has 0 spiro atoms. The van der Waals surface area contributed by atoms with Gasteiger partial charge in [-0.1, -0.05) is 91.6 Å². The SMILES string of the molecule is CC(C)C[CH-]NC(=O)C(Cc1ccccc1)NP.C[C-]1C([O-])CC2CC1C2(C)C.[Be+2]. The van der Waals surface area contributed by atoms with Gasteiger partial charge in [-0.15, -0.1) is 0 Å². The number of carbonyl (C=O) groups excluding carboxylic acids is 1. The van der Waals surface area contributed by atoms with E-state index in [9.17, 15) is 9.90 Å². The summed E-state index contributed by atoms with van der Waals surface area (Å²) in [6.45, 7) is 12.8. The molecule has 1 amide bonds. The van der Waals surface area contributed by atoms with Crippen LogP contribution in [0, 0.1) is 35.6 Å². The standard InChI is InChI=1S/C14H22N2OP.C10H16O.Be/c1-11(2)8-9-15-14(17)13(16-18)10-12-6-4-3-5-7-12;1-6-8-4-7(5-9(6)11)10(8,2)3;/h3-7,9,11,13,16H,8,10,18H2,1-2H3,(H,15,17);7-9H,4-5H2,1-3H3;/q-1;-2;+2. The van der Waals surface area contributed by atoms with E-state index in [2.05, 4.69) is 54.4 Å². The van der Waals surface area contributed by atoms with Gasteiger partial charge >= 0.3 is 10.1 Å². The maximum Gasteiger partial charge on any atom is 2.00 e. The van der Waals surface area contributed by atoms with Gasteiger partial charge in [0.05, 0.1) is 6.04 Å². The summed E-state index contributed by atoms with van der Waals surface area (Å²) in [5, 5.41) is 17.2. The molecule has 1 aromatic carbocycles. The summed E-state index contributed by atoms with van der Waals surface area (Å²) in [6.07, 6.45) is 3.42. The summed E-state index contributed by atoms with van der Waals surface area (Å²) < 4.78 is 0. The molecule has 5 unspecified atom stereocenters. The van der Waals surface area contributed by atoms with Gasteiger partial charge in [0.15, 0.2) is 0 Å². The van der Waals surface area contributed by atoms with E-state index in [1.54, 1.807) is 0 Å². The van der Waals surface area contributed by atoms with Gasteiger partial charge in [-0.05, 0) is 17.9 Å². The predicted octanol–water partition coefficient (Wildman–Crippen LogP) is 3.30. The van der Waals surface area contributed by atoms with E-state index in [0.717, 1.165) is 24.3 Å². The quantitative estimate of drug-likeness (QED) is 0.400. The number of hydrogen-bond donors (Lipinski definition) is 2. The van der Waals surface area contributed by atoms with Gasteiger partial charge in [0, 0.05) is 0 Å². The zero-order chi connectivity index (χ0) is 21.6. The molecule has 2 bridgehead atoms. The molecule has 3 fully saturated rings. The zero-order valence-corrected chi connectivity index (χ0v) is 20.4. The van der Waals surface area contributed by atoms with Crippen LogP contribution in [-0.4, -0.2) is 28.2 Å². The second kappa shape index (κ2) is 12.3. The van der Waals surface area contributed by atoms with E-state index < -0.39 is 0 Å². The molecule has 3 aliphatic carbocycles. The molecule has 0 heterocycles. The van der Waals surface area contributed by atoms with Crippen molar-refractivity contribution >= 4 is 25.4 Å². The molecule has 1 aromatic rings. The molecule has 4 nitrogen and oxygen atoms in total. The van der Waals surface area contributed by atoms with E-state index in [4.69, 9.17) is 0 Å². The van der Waals surface area contributed by atoms with Gasteiger partial charge in [0.2, 0.25) is 5.91 Å². The Kier molecular flexibility index (Phi) is 11.2. The van der Waals surface area contributed by atoms with E-state index in [1.807, 2.05) is 36.9 Å². The number of rotatable bonds is 7. The smallest absolute Gasteiger partial charge is 0.875 e. The van der Waals surface area contributed by atoms with Crippen LogP contribution >= 0.6 is 9.39 Å². The molecule has 3 saturated carbocycles. The van der Waals surface area contributed by atoms with Crippen LogP contribution in [0.25, 0.3) is 0 Å². The van der Waals surface area contributed by atoms with Crippen LogP contribution in [0.1, 0.15) is 59.4 Å². The molecule has 5 atom stereocenters. The van der Waals surface area contributed by atoms with Crippen molar-refractivity contribution in [3.8, 4) is 0 Å². The third-order valence-corrected chi connectivity index (χ3v) is 7.06. The average molecular weight is 427 g/mol. The fourth-order valence-corrected chi connectivity index (χ4v) is 4.70. The monoisotopic (exact) mass is 426 g/mol. The van der Waals surface area contributed by atoms with Crippen LogP contribution in [0.15, 0.2) is 30.3 Å². The van der Waals surface area contributed by atoms with Crippen LogP contribution in [-0.2, 0) is 11.2 Å². The Morgan fingerprint density at radius 3 is 2.40 bits per heavy atom. The minimum absolute atomic E-state index is 0. The Balaban J connectivity index is 0.000000320. The second-order valence-corrected chi connectivity index (χ2v) is 9.86. The maximum atomic E-state index is 11.9. The number of hydrogen-bond acceptors (Lipinski definition) is 3. The van der Waals surface area contributed by atoms with Crippen molar-refractivity contribution in [3.05, 3.63) is 48.4 Å². The normalized spacial score (nSPS) is 25.3. The Bertz CT molecular complexity index is 641. The fraction of sp³-hybridized carbons (Fsp3) is 0.625. The molecule has 4 rings (SSSR count). The summed E-state index contributed by atoms with van der Waals surface area (Å²) in [5.74, 6) is 3.15. The summed E-state index contributed by atoms with van der Waals surface area (Å²) >= 11 is 0. The van der Waals surface area contributed by atoms with Crippen molar-refractivity contribution < 1.29 is 9.90 Å². The zero-order valence-electron chi connectivity index (χ0n) is 19.3. The first-order valence-corrected chi connectivity index (χ1v) is 11.4. The fourth-order valence-electron chi connectivity index (χ4n) is 4.43. The minimum Gasteiger partial charge on any atom is -0.875 e. The van der Waals surface area contributed by atoms with E-state index in [-0.39, 0.29) is 28.2 Å². The molecule has 164 valence electrons. The van der Waals surface area contributed by atoms with Crippen molar-refractivity contribution in [1.29, 1.82) is 0 Å². The third-order valence-electron chi connectivity index (χ3n) is 6.66. The van der Waals surface area contributed by atoms with Crippen molar-refractivity contribution in [2.45, 2.75) is 72.4 Å². The number of carbonyl (C=O) groups is 1. The molecule has 6 heteroatoms. The first kappa shape index (κ1) is 27.2. The van der Waals surface area contributed by atoms with Gasteiger partial charge < -0.3 is 16.3 Å². The van der Waals surface area contributed by atoms with Crippen molar-refractivity contribution in [1.82, 2.24) is 10.4 Å². The molecule has 0 aliphatic heterocycles. The number of nitrogens with one attached hydrogen (secondary N) is 2. The Morgan fingerprint density at radius 2 is 1.93 bits per heavy atom. The average Bonchev–Trinajstić information content (AvgIpc) is 2.68. The molecular formula is C24H38BeN2O2P-. The van der Waals surface area contributed by atoms with E-state index >= 15 is 0 Å². The predicted molar refractivity (Wildman–Crippen MR) is 127 cm³/mol. The van der Waals surface area contributed by atoms with Crippen LogP contribution in [0.4, 0.5) is 0 Å². The number of amides is 1. The van der Waals surface area contributed by atoms with Gasteiger partial charge in [0.1, 0.15) is 0 Å². The molecule has 0 aromatic heterocycles. The topological polar surface area (TPSA) is 64.2 Å². The number of benzene rings is 1. The van der Waals surface area contributed by atoms with Crippen molar-refractivity contribution in [2.24, 2.45) is 23.2 Å². The van der Waals surface area contributed by atoms with Crippen LogP contribution in [0.3, 0.4) is 0 Å². The molecule has 0 saturated heterocycles. The first-order valence-electron chi connectivity index (χ1n) is 10.8. The maximum absolute atomic E-state index is 11.9. The minimum atomic E-state index is -0.341. The summed E-state index contributed by atoms with van der Waals surface area (Å²) in [6, 6.07) is 9.78. The molecular weight excluding hydrogens is 388 g/mol. The molecule has 0 radical (unpaired) electrons. The van der Waals surface area contributed by atoms with Crippen molar-refractivity contribution in [2.75, 3.05) is 0 Å². The van der Waals surface area contributed by atoms with Crippen LogP contribution < -0.4 is 15.5 Å². The van der Waals surface area contributed by atoms with Crippen LogP contribution in [0.5, 0.6) is 0 Å². The van der Waals surface area contributed by atoms with Gasteiger partial charge in [-0.2, -0.15) is 19.3 Å². The van der Waals surface area contributed by atoms with Crippen LogP contribution in [0.2, 0.25) is 0 Å². The Hall–Kier alpha value is -0.791. The summed E-state index contributed by atoms with van der Waals surface area (Å²) in [4.78, 5) is 11.9. The summed E-state index contributed by atoms with van der Waals surface area (Å²) in [7, 11) is 2.42. The Morgan fingerprint density at radius 1 is 1.30 bits per heavy atom. The molecule has 30 heavy (non-hydrogen) atoms. The van der Waals surface area contributed by atoms with Crippen molar-refractivity contribution in [3.63, 3.8) is 0 Å². The van der Waals surface area contributed by atoms with E-state index in [1.165, 1.54) is 12.3 Å². The van der Waals surface area contributed by atoms with Gasteiger partial charge in [-0.25, -0.2) is 6.54 Å². The summed E-state index contributed by atoms with van der Waals surface area (Å²) in [5.41, 5.74) is 1.60. The second-order valence-electron chi connectivity index (χ2n) is 9.53. The molecule has 3 aliphatic rings. The van der Waals surface area contributed by atoms with Gasteiger partial charge in [-0.3, -0.25) is 16.0 Å². The first-order chi connectivity index (χ1) is 13.7. The van der Waals surface area contributed by atoms with Gasteiger partial charge in [0.25, 0.3) is 0 Å².